The van der Waals surface area contributed by atoms with E-state index in [0.29, 0.717) is 23.0 Å². The number of ketones is 1. The topological polar surface area (TPSA) is 77.0 Å². The minimum Gasteiger partial charge on any atom is -0.453 e. The molecule has 1 N–H and O–H groups in total. The Morgan fingerprint density at radius 2 is 1.96 bits per heavy atom. The second kappa shape index (κ2) is 7.76. The van der Waals surface area contributed by atoms with Gasteiger partial charge in [-0.05, 0) is 30.7 Å². The third-order valence-electron chi connectivity index (χ3n) is 3.78. The molecule has 0 bridgehead atoms. The van der Waals surface area contributed by atoms with E-state index in [2.05, 4.69) is 10.1 Å². The first-order valence-corrected chi connectivity index (χ1v) is 8.53. The Morgan fingerprint density at radius 3 is 2.65 bits per heavy atom. The third-order valence-corrected chi connectivity index (χ3v) is 4.53. The van der Waals surface area contributed by atoms with E-state index in [9.17, 15) is 9.59 Å². The number of esters is 1. The lowest BCUT2D eigenvalue weighted by Crippen LogP contribution is -2.15. The number of aromatic nitrogens is 3. The van der Waals surface area contributed by atoms with Gasteiger partial charge in [-0.2, -0.15) is 5.10 Å². The van der Waals surface area contributed by atoms with Gasteiger partial charge in [0.25, 0.3) is 0 Å². The summed E-state index contributed by atoms with van der Waals surface area (Å²) in [6.07, 6.45) is 1.62. The summed E-state index contributed by atoms with van der Waals surface area (Å²) in [6, 6.07) is 10.6. The van der Waals surface area contributed by atoms with E-state index in [4.69, 9.17) is 27.9 Å². The van der Waals surface area contributed by atoms with E-state index >= 15 is 0 Å². The van der Waals surface area contributed by atoms with Crippen LogP contribution in [0.5, 0.6) is 0 Å². The number of Topliss-reactive ketones (excluding diaryl/α,β-unsaturated/α-hetero) is 1. The summed E-state index contributed by atoms with van der Waals surface area (Å²) in [5.41, 5.74) is 1.74. The van der Waals surface area contributed by atoms with Gasteiger partial charge in [-0.3, -0.25) is 4.79 Å². The van der Waals surface area contributed by atoms with Crippen molar-refractivity contribution in [3.63, 3.8) is 0 Å². The third kappa shape index (κ3) is 3.81. The maximum atomic E-state index is 12.3. The molecule has 1 aromatic carbocycles. The molecule has 3 aromatic rings. The quantitative estimate of drug-likeness (QED) is 0.510. The van der Waals surface area contributed by atoms with Crippen molar-refractivity contribution in [1.29, 1.82) is 0 Å². The number of rotatable bonds is 6. The summed E-state index contributed by atoms with van der Waals surface area (Å²) in [6.45, 7) is 1.58. The molecule has 2 aromatic heterocycles. The zero-order valence-corrected chi connectivity index (χ0v) is 15.3. The number of hydrogen-bond donors (Lipinski definition) is 1. The molecule has 0 aliphatic heterocycles. The average molecular weight is 392 g/mol. The van der Waals surface area contributed by atoms with Crippen molar-refractivity contribution in [3.05, 3.63) is 75.3 Å². The van der Waals surface area contributed by atoms with Gasteiger partial charge in [0.2, 0.25) is 5.78 Å². The Kier molecular flexibility index (Phi) is 5.44. The number of halogens is 2. The molecule has 2 heterocycles. The van der Waals surface area contributed by atoms with Crippen LogP contribution in [-0.4, -0.2) is 33.1 Å². The first-order chi connectivity index (χ1) is 12.5. The standard InChI is InChI=1S/C18H15Cl2N3O3/c1-11-16(18(25)26-10-15(24)14-7-4-8-21-14)17(20)23(22-11)9-12-5-2-3-6-13(12)19/h2-8,21H,9-10H2,1H3. The number of ether oxygens (including phenoxy) is 1. The van der Waals surface area contributed by atoms with Crippen molar-refractivity contribution in [2.45, 2.75) is 13.5 Å². The number of carbonyl (C=O) groups excluding carboxylic acids is 2. The number of aromatic amines is 1. The molecule has 0 aliphatic rings. The highest BCUT2D eigenvalue weighted by Crippen LogP contribution is 2.24. The summed E-state index contributed by atoms with van der Waals surface area (Å²) in [5, 5.41) is 5.00. The lowest BCUT2D eigenvalue weighted by Gasteiger charge is -2.06. The van der Waals surface area contributed by atoms with Crippen LogP contribution in [0.1, 0.15) is 32.1 Å². The number of carbonyl (C=O) groups is 2. The summed E-state index contributed by atoms with van der Waals surface area (Å²) in [7, 11) is 0. The monoisotopic (exact) mass is 391 g/mol. The summed E-state index contributed by atoms with van der Waals surface area (Å²) >= 11 is 12.5. The van der Waals surface area contributed by atoms with Gasteiger partial charge in [0.15, 0.2) is 6.61 Å². The Hall–Kier alpha value is -2.57. The number of nitrogens with zero attached hydrogens (tertiary/aromatic N) is 2. The van der Waals surface area contributed by atoms with Gasteiger partial charge in [-0.25, -0.2) is 9.48 Å². The molecule has 0 unspecified atom stereocenters. The van der Waals surface area contributed by atoms with E-state index in [1.807, 2.05) is 18.2 Å². The molecular weight excluding hydrogens is 377 g/mol. The van der Waals surface area contributed by atoms with Crippen LogP contribution in [0.2, 0.25) is 10.2 Å². The van der Waals surface area contributed by atoms with Crippen LogP contribution in [0.25, 0.3) is 0 Å². The van der Waals surface area contributed by atoms with Gasteiger partial charge >= 0.3 is 5.97 Å². The van der Waals surface area contributed by atoms with Crippen molar-refractivity contribution >= 4 is 35.0 Å². The van der Waals surface area contributed by atoms with E-state index in [-0.39, 0.29) is 23.1 Å². The molecular formula is C18H15Cl2N3O3. The highest BCUT2D eigenvalue weighted by atomic mass is 35.5. The minimum absolute atomic E-state index is 0.137. The van der Waals surface area contributed by atoms with Crippen LogP contribution in [0.4, 0.5) is 0 Å². The molecule has 0 amide bonds. The van der Waals surface area contributed by atoms with Crippen molar-refractivity contribution in [1.82, 2.24) is 14.8 Å². The van der Waals surface area contributed by atoms with Gasteiger partial charge in [0, 0.05) is 11.2 Å². The summed E-state index contributed by atoms with van der Waals surface area (Å²) in [5.74, 6) is -1.03. The van der Waals surface area contributed by atoms with Crippen LogP contribution in [0.3, 0.4) is 0 Å². The second-order valence-corrected chi connectivity index (χ2v) is 6.35. The van der Waals surface area contributed by atoms with Gasteiger partial charge in [0.05, 0.1) is 17.9 Å². The minimum atomic E-state index is -0.696. The molecule has 6 nitrogen and oxygen atoms in total. The second-order valence-electron chi connectivity index (χ2n) is 5.58. The first kappa shape index (κ1) is 18.2. The number of benzene rings is 1. The van der Waals surface area contributed by atoms with Gasteiger partial charge in [-0.1, -0.05) is 41.4 Å². The fourth-order valence-electron chi connectivity index (χ4n) is 2.46. The molecule has 0 atom stereocenters. The van der Waals surface area contributed by atoms with E-state index in [0.717, 1.165) is 5.56 Å². The molecule has 8 heteroatoms. The fraction of sp³-hybridized carbons (Fsp3) is 0.167. The smallest absolute Gasteiger partial charge is 0.343 e. The maximum absolute atomic E-state index is 12.3. The number of aryl methyl sites for hydroxylation is 1. The zero-order chi connectivity index (χ0) is 18.7. The zero-order valence-electron chi connectivity index (χ0n) is 13.8. The number of nitrogens with one attached hydrogen (secondary N) is 1. The molecule has 134 valence electrons. The van der Waals surface area contributed by atoms with E-state index in [1.165, 1.54) is 4.68 Å². The molecule has 0 aliphatic carbocycles. The number of hydrogen-bond acceptors (Lipinski definition) is 4. The van der Waals surface area contributed by atoms with E-state index < -0.39 is 5.97 Å². The van der Waals surface area contributed by atoms with Gasteiger partial charge in [-0.15, -0.1) is 0 Å². The highest BCUT2D eigenvalue weighted by Gasteiger charge is 2.23. The van der Waals surface area contributed by atoms with Crippen LogP contribution < -0.4 is 0 Å². The molecule has 3 rings (SSSR count). The molecule has 0 fully saturated rings. The maximum Gasteiger partial charge on any atom is 0.343 e. The van der Waals surface area contributed by atoms with Gasteiger partial charge < -0.3 is 9.72 Å². The Morgan fingerprint density at radius 1 is 1.19 bits per heavy atom. The molecule has 0 spiro atoms. The number of H-pyrrole nitrogens is 1. The van der Waals surface area contributed by atoms with Crippen molar-refractivity contribution in [2.75, 3.05) is 6.61 Å². The average Bonchev–Trinajstić information content (AvgIpc) is 3.24. The van der Waals surface area contributed by atoms with Crippen molar-refractivity contribution in [2.24, 2.45) is 0 Å². The first-order valence-electron chi connectivity index (χ1n) is 7.77. The summed E-state index contributed by atoms with van der Waals surface area (Å²) < 4.78 is 6.56. The molecule has 26 heavy (non-hydrogen) atoms. The fourth-order valence-corrected chi connectivity index (χ4v) is 2.97. The molecule has 0 saturated carbocycles. The van der Waals surface area contributed by atoms with Crippen LogP contribution in [-0.2, 0) is 11.3 Å². The lowest BCUT2D eigenvalue weighted by molar-refractivity contribution is 0.0473. The van der Waals surface area contributed by atoms with Gasteiger partial charge in [0.1, 0.15) is 10.7 Å². The Labute approximate surface area is 159 Å². The normalized spacial score (nSPS) is 10.7. The largest absolute Gasteiger partial charge is 0.453 e. The van der Waals surface area contributed by atoms with Crippen molar-refractivity contribution < 1.29 is 14.3 Å². The Bertz CT molecular complexity index is 949. The molecule has 0 saturated heterocycles. The predicted octanol–water partition coefficient (Wildman–Crippen LogP) is 3.91. The van der Waals surface area contributed by atoms with Crippen LogP contribution in [0, 0.1) is 6.92 Å². The van der Waals surface area contributed by atoms with Crippen LogP contribution in [0.15, 0.2) is 42.6 Å². The Balaban J connectivity index is 1.74. The van der Waals surface area contributed by atoms with Crippen LogP contribution >= 0.6 is 23.2 Å². The summed E-state index contributed by atoms with van der Waals surface area (Å²) in [4.78, 5) is 27.0. The predicted molar refractivity (Wildman–Crippen MR) is 97.9 cm³/mol. The lowest BCUT2D eigenvalue weighted by atomic mass is 10.2. The molecule has 0 radical (unpaired) electrons. The highest BCUT2D eigenvalue weighted by molar-refractivity contribution is 6.33. The SMILES string of the molecule is Cc1nn(Cc2ccccc2Cl)c(Cl)c1C(=O)OCC(=O)c1ccc[nH]1. The van der Waals surface area contributed by atoms with Crippen molar-refractivity contribution in [3.8, 4) is 0 Å². The van der Waals surface area contributed by atoms with E-state index in [1.54, 1.807) is 31.3 Å².